The molecule has 0 aliphatic carbocycles. The van der Waals surface area contributed by atoms with Gasteiger partial charge in [0, 0.05) is 23.6 Å². The van der Waals surface area contributed by atoms with Crippen molar-refractivity contribution in [1.29, 1.82) is 0 Å². The van der Waals surface area contributed by atoms with Crippen LogP contribution in [0.25, 0.3) is 11.3 Å². The predicted molar refractivity (Wildman–Crippen MR) is 87.1 cm³/mol. The third kappa shape index (κ3) is 3.55. The minimum Gasteiger partial charge on any atom is -0.423 e. The third-order valence-electron chi connectivity index (χ3n) is 3.37. The van der Waals surface area contributed by atoms with E-state index in [0.29, 0.717) is 11.8 Å². The average Bonchev–Trinajstić information content (AvgIpc) is 3.00. The summed E-state index contributed by atoms with van der Waals surface area (Å²) in [4.78, 5) is 19.3. The molecule has 0 bridgehead atoms. The summed E-state index contributed by atoms with van der Waals surface area (Å²) >= 11 is 0. The highest BCUT2D eigenvalue weighted by atomic mass is 16.4. The van der Waals surface area contributed by atoms with Crippen LogP contribution in [0.4, 0.5) is 11.7 Å². The number of carbonyl (C=O) groups is 1. The van der Waals surface area contributed by atoms with Crippen LogP contribution < -0.4 is 11.1 Å². The van der Waals surface area contributed by atoms with Crippen molar-refractivity contribution in [1.82, 2.24) is 9.97 Å². The Balaban J connectivity index is 1.82. The van der Waals surface area contributed by atoms with E-state index in [4.69, 9.17) is 10.2 Å². The van der Waals surface area contributed by atoms with Crippen molar-refractivity contribution in [3.8, 4) is 11.3 Å². The monoisotopic (exact) mass is 308 g/mol. The van der Waals surface area contributed by atoms with Crippen molar-refractivity contribution in [2.24, 2.45) is 5.73 Å². The molecule has 3 aromatic rings. The van der Waals surface area contributed by atoms with Crippen LogP contribution >= 0.6 is 0 Å². The van der Waals surface area contributed by atoms with Crippen LogP contribution in [0.1, 0.15) is 11.1 Å². The molecule has 0 saturated carbocycles. The Labute approximate surface area is 133 Å². The van der Waals surface area contributed by atoms with Gasteiger partial charge in [0.15, 0.2) is 5.76 Å². The zero-order valence-corrected chi connectivity index (χ0v) is 12.6. The predicted octanol–water partition coefficient (Wildman–Crippen LogP) is 2.82. The Morgan fingerprint density at radius 1 is 1.30 bits per heavy atom. The summed E-state index contributed by atoms with van der Waals surface area (Å²) in [5.41, 5.74) is 8.76. The number of nitrogens with one attached hydrogen (secondary N) is 1. The van der Waals surface area contributed by atoms with E-state index in [9.17, 15) is 4.79 Å². The van der Waals surface area contributed by atoms with Gasteiger partial charge in [-0.2, -0.15) is 0 Å². The molecule has 1 amide bonds. The fourth-order valence-corrected chi connectivity index (χ4v) is 2.20. The van der Waals surface area contributed by atoms with E-state index in [0.717, 1.165) is 22.4 Å². The van der Waals surface area contributed by atoms with E-state index in [-0.39, 0.29) is 12.3 Å². The van der Waals surface area contributed by atoms with Crippen molar-refractivity contribution in [3.63, 3.8) is 0 Å². The van der Waals surface area contributed by atoms with Gasteiger partial charge < -0.3 is 15.5 Å². The maximum absolute atomic E-state index is 11.0. The molecule has 0 spiro atoms. The van der Waals surface area contributed by atoms with Gasteiger partial charge in [-0.1, -0.05) is 12.1 Å². The van der Waals surface area contributed by atoms with Crippen LogP contribution in [0.15, 0.2) is 53.3 Å². The standard InChI is InChI=1S/C17H16N4O2/c1-11-4-5-12(8-16(18)22)7-14(11)21-17-20-10-15(23-17)13-3-2-6-19-9-13/h2-7,9-10H,8H2,1H3,(H2,18,22)(H,20,21). The minimum atomic E-state index is -0.366. The van der Waals surface area contributed by atoms with Gasteiger partial charge >= 0.3 is 0 Å². The summed E-state index contributed by atoms with van der Waals surface area (Å²) in [6, 6.07) is 9.78. The van der Waals surface area contributed by atoms with Crippen molar-refractivity contribution < 1.29 is 9.21 Å². The number of carbonyl (C=O) groups excluding carboxylic acids is 1. The maximum atomic E-state index is 11.0. The van der Waals surface area contributed by atoms with Gasteiger partial charge in [-0.05, 0) is 36.2 Å². The number of benzene rings is 1. The van der Waals surface area contributed by atoms with E-state index in [1.165, 1.54) is 0 Å². The van der Waals surface area contributed by atoms with Gasteiger partial charge in [-0.15, -0.1) is 0 Å². The number of rotatable bonds is 5. The molecule has 0 aliphatic heterocycles. The van der Waals surface area contributed by atoms with E-state index >= 15 is 0 Å². The summed E-state index contributed by atoms with van der Waals surface area (Å²) in [7, 11) is 0. The number of amides is 1. The number of aryl methyl sites for hydroxylation is 1. The Kier molecular flexibility index (Phi) is 4.05. The molecule has 0 atom stereocenters. The molecule has 3 rings (SSSR count). The van der Waals surface area contributed by atoms with Crippen molar-refractivity contribution in [3.05, 3.63) is 60.0 Å². The Morgan fingerprint density at radius 3 is 2.91 bits per heavy atom. The summed E-state index contributed by atoms with van der Waals surface area (Å²) < 4.78 is 5.70. The lowest BCUT2D eigenvalue weighted by Crippen LogP contribution is -2.13. The molecule has 1 aromatic carbocycles. The van der Waals surface area contributed by atoms with Gasteiger partial charge in [0.1, 0.15) is 0 Å². The first-order valence-corrected chi connectivity index (χ1v) is 7.13. The van der Waals surface area contributed by atoms with Crippen LogP contribution in [0.5, 0.6) is 0 Å². The molecule has 0 radical (unpaired) electrons. The van der Waals surface area contributed by atoms with Crippen LogP contribution in [-0.2, 0) is 11.2 Å². The zero-order chi connectivity index (χ0) is 16.2. The highest BCUT2D eigenvalue weighted by Crippen LogP contribution is 2.25. The van der Waals surface area contributed by atoms with E-state index < -0.39 is 0 Å². The molecular weight excluding hydrogens is 292 g/mol. The smallest absolute Gasteiger partial charge is 0.299 e. The van der Waals surface area contributed by atoms with Crippen molar-refractivity contribution in [2.75, 3.05) is 5.32 Å². The molecule has 0 aliphatic rings. The number of aromatic nitrogens is 2. The number of primary amides is 1. The normalized spacial score (nSPS) is 10.5. The van der Waals surface area contributed by atoms with Gasteiger partial charge in [0.05, 0.1) is 12.6 Å². The number of nitrogens with zero attached hydrogens (tertiary/aromatic N) is 2. The molecule has 0 saturated heterocycles. The van der Waals surface area contributed by atoms with Gasteiger partial charge in [0.25, 0.3) is 6.01 Å². The lowest BCUT2D eigenvalue weighted by atomic mass is 10.1. The highest BCUT2D eigenvalue weighted by molar-refractivity contribution is 5.77. The SMILES string of the molecule is Cc1ccc(CC(N)=O)cc1Nc1ncc(-c2cccnc2)o1. The van der Waals surface area contributed by atoms with Crippen LogP contribution in [0, 0.1) is 6.92 Å². The molecule has 6 heteroatoms. The maximum Gasteiger partial charge on any atom is 0.299 e. The lowest BCUT2D eigenvalue weighted by molar-refractivity contribution is -0.117. The Morgan fingerprint density at radius 2 is 2.17 bits per heavy atom. The number of nitrogens with two attached hydrogens (primary N) is 1. The summed E-state index contributed by atoms with van der Waals surface area (Å²) in [6.07, 6.45) is 5.25. The largest absolute Gasteiger partial charge is 0.423 e. The molecule has 2 aromatic heterocycles. The Bertz CT molecular complexity index is 828. The molecule has 116 valence electrons. The second kappa shape index (κ2) is 6.31. The number of anilines is 2. The summed E-state index contributed by atoms with van der Waals surface area (Å²) in [5.74, 6) is 0.265. The first-order valence-electron chi connectivity index (χ1n) is 7.13. The summed E-state index contributed by atoms with van der Waals surface area (Å²) in [5, 5.41) is 3.13. The Hall–Kier alpha value is -3.15. The first-order chi connectivity index (χ1) is 11.1. The molecule has 6 nitrogen and oxygen atoms in total. The number of oxazole rings is 1. The third-order valence-corrected chi connectivity index (χ3v) is 3.37. The molecule has 0 unspecified atom stereocenters. The van der Waals surface area contributed by atoms with Crippen molar-refractivity contribution in [2.45, 2.75) is 13.3 Å². The lowest BCUT2D eigenvalue weighted by Gasteiger charge is -2.08. The molecule has 23 heavy (non-hydrogen) atoms. The van der Waals surface area contributed by atoms with Crippen molar-refractivity contribution >= 4 is 17.6 Å². The van der Waals surface area contributed by atoms with Crippen LogP contribution in [-0.4, -0.2) is 15.9 Å². The molecule has 3 N–H and O–H groups in total. The van der Waals surface area contributed by atoms with Crippen LogP contribution in [0.3, 0.4) is 0 Å². The second-order valence-corrected chi connectivity index (χ2v) is 5.19. The molecule has 0 fully saturated rings. The van der Waals surface area contributed by atoms with Gasteiger partial charge in [-0.25, -0.2) is 4.98 Å². The zero-order valence-electron chi connectivity index (χ0n) is 12.6. The van der Waals surface area contributed by atoms with Gasteiger partial charge in [-0.3, -0.25) is 9.78 Å². The fourth-order valence-electron chi connectivity index (χ4n) is 2.20. The molecular formula is C17H16N4O2. The summed E-state index contributed by atoms with van der Waals surface area (Å²) in [6.45, 7) is 1.96. The van der Waals surface area contributed by atoms with E-state index in [2.05, 4.69) is 15.3 Å². The average molecular weight is 308 g/mol. The fraction of sp³-hybridized carbons (Fsp3) is 0.118. The second-order valence-electron chi connectivity index (χ2n) is 5.19. The van der Waals surface area contributed by atoms with E-state index in [1.54, 1.807) is 18.6 Å². The minimum absolute atomic E-state index is 0.196. The number of hydrogen-bond acceptors (Lipinski definition) is 5. The highest BCUT2D eigenvalue weighted by Gasteiger charge is 2.09. The van der Waals surface area contributed by atoms with Gasteiger partial charge in [0.2, 0.25) is 5.91 Å². The van der Waals surface area contributed by atoms with E-state index in [1.807, 2.05) is 37.3 Å². The quantitative estimate of drug-likeness (QED) is 0.756. The number of pyridine rings is 1. The topological polar surface area (TPSA) is 94.0 Å². The number of hydrogen-bond donors (Lipinski definition) is 2. The first kappa shape index (κ1) is 14.8. The van der Waals surface area contributed by atoms with Crippen LogP contribution in [0.2, 0.25) is 0 Å². The molecule has 2 heterocycles.